The predicted molar refractivity (Wildman–Crippen MR) is 81.0 cm³/mol. The van der Waals surface area contributed by atoms with Gasteiger partial charge in [-0.05, 0) is 31.2 Å². The van der Waals surface area contributed by atoms with E-state index in [1.54, 1.807) is 30.3 Å². The summed E-state index contributed by atoms with van der Waals surface area (Å²) in [5, 5.41) is 2.64. The van der Waals surface area contributed by atoms with E-state index < -0.39 is 11.9 Å². The Balaban J connectivity index is 1.89. The molecule has 1 aromatic heterocycles. The molecule has 0 unspecified atom stereocenters. The van der Waals surface area contributed by atoms with Crippen LogP contribution < -0.4 is 10.1 Å². The van der Waals surface area contributed by atoms with Gasteiger partial charge >= 0.3 is 5.97 Å². The van der Waals surface area contributed by atoms with E-state index in [0.717, 1.165) is 4.88 Å². The highest BCUT2D eigenvalue weighted by Crippen LogP contribution is 2.22. The summed E-state index contributed by atoms with van der Waals surface area (Å²) >= 11 is 1.33. The molecule has 1 aromatic carbocycles. The largest absolute Gasteiger partial charge is 0.495 e. The van der Waals surface area contributed by atoms with Crippen LogP contribution in [0.4, 0.5) is 5.69 Å². The number of esters is 1. The third-order valence-corrected chi connectivity index (χ3v) is 3.64. The minimum absolute atomic E-state index is 0.339. The summed E-state index contributed by atoms with van der Waals surface area (Å²) in [5.41, 5.74) is 0.535. The second kappa shape index (κ2) is 6.90. The summed E-state index contributed by atoms with van der Waals surface area (Å²) in [4.78, 5) is 25.0. The van der Waals surface area contributed by atoms with Gasteiger partial charge in [-0.3, -0.25) is 4.79 Å². The summed E-state index contributed by atoms with van der Waals surface area (Å²) in [6.45, 7) is 1.56. The molecule has 2 aromatic rings. The summed E-state index contributed by atoms with van der Waals surface area (Å²) in [6.07, 6.45) is 0. The van der Waals surface area contributed by atoms with Gasteiger partial charge in [-0.2, -0.15) is 0 Å². The maximum atomic E-state index is 11.8. The molecule has 1 amide bonds. The molecule has 2 rings (SSSR count). The van der Waals surface area contributed by atoms with Crippen LogP contribution in [0.2, 0.25) is 0 Å². The number of carbonyl (C=O) groups excluding carboxylic acids is 2. The summed E-state index contributed by atoms with van der Waals surface area (Å²) < 4.78 is 10.1. The maximum absolute atomic E-state index is 11.8. The van der Waals surface area contributed by atoms with E-state index in [-0.39, 0.29) is 6.61 Å². The molecule has 110 valence electrons. The lowest BCUT2D eigenvalue weighted by Gasteiger charge is -2.09. The highest BCUT2D eigenvalue weighted by molar-refractivity contribution is 7.13. The van der Waals surface area contributed by atoms with Crippen LogP contribution in [0.1, 0.15) is 14.5 Å². The van der Waals surface area contributed by atoms with Gasteiger partial charge in [0.25, 0.3) is 5.91 Å². The van der Waals surface area contributed by atoms with E-state index in [0.29, 0.717) is 16.3 Å². The number of nitrogens with one attached hydrogen (secondary N) is 1. The molecule has 0 atom stereocenters. The van der Waals surface area contributed by atoms with Crippen LogP contribution in [0.25, 0.3) is 0 Å². The van der Waals surface area contributed by atoms with Gasteiger partial charge < -0.3 is 14.8 Å². The number of hydrogen-bond acceptors (Lipinski definition) is 5. The van der Waals surface area contributed by atoms with E-state index >= 15 is 0 Å². The Kier molecular flexibility index (Phi) is 4.94. The van der Waals surface area contributed by atoms with Crippen molar-refractivity contribution in [1.82, 2.24) is 0 Å². The van der Waals surface area contributed by atoms with Crippen LogP contribution in [0.5, 0.6) is 5.75 Å². The summed E-state index contributed by atoms with van der Waals surface area (Å²) in [7, 11) is 1.52. The van der Waals surface area contributed by atoms with Crippen LogP contribution in [0.3, 0.4) is 0 Å². The van der Waals surface area contributed by atoms with Crippen molar-refractivity contribution in [3.63, 3.8) is 0 Å². The number of rotatable bonds is 5. The molecule has 0 aliphatic heterocycles. The van der Waals surface area contributed by atoms with Crippen molar-refractivity contribution < 1.29 is 19.1 Å². The standard InChI is InChI=1S/C15H15NO4S/c1-10-7-8-13(21-10)15(18)20-9-14(17)16-11-5-3-4-6-12(11)19-2/h3-8H,9H2,1-2H3,(H,16,17). The predicted octanol–water partition coefficient (Wildman–Crippen LogP) is 2.86. The number of para-hydroxylation sites is 2. The van der Waals surface area contributed by atoms with Crippen LogP contribution in [-0.2, 0) is 9.53 Å². The molecule has 1 heterocycles. The Hall–Kier alpha value is -2.34. The van der Waals surface area contributed by atoms with Crippen molar-refractivity contribution in [3.05, 3.63) is 46.2 Å². The Morgan fingerprint density at radius 3 is 2.62 bits per heavy atom. The fourth-order valence-corrected chi connectivity index (χ4v) is 2.44. The molecule has 0 saturated carbocycles. The van der Waals surface area contributed by atoms with Gasteiger partial charge in [0.15, 0.2) is 6.61 Å². The monoisotopic (exact) mass is 305 g/mol. The molecular formula is C15H15NO4S. The Morgan fingerprint density at radius 2 is 1.95 bits per heavy atom. The SMILES string of the molecule is COc1ccccc1NC(=O)COC(=O)c1ccc(C)s1. The summed E-state index contributed by atoms with van der Waals surface area (Å²) in [6, 6.07) is 10.5. The first-order chi connectivity index (χ1) is 10.1. The van der Waals surface area contributed by atoms with Crippen LogP contribution in [0, 0.1) is 6.92 Å². The maximum Gasteiger partial charge on any atom is 0.348 e. The van der Waals surface area contributed by atoms with E-state index in [9.17, 15) is 9.59 Å². The third kappa shape index (κ3) is 4.06. The number of benzene rings is 1. The molecule has 0 aliphatic carbocycles. The van der Waals surface area contributed by atoms with Crippen molar-refractivity contribution in [1.29, 1.82) is 0 Å². The van der Waals surface area contributed by atoms with E-state index in [1.165, 1.54) is 18.4 Å². The first kappa shape index (κ1) is 15.1. The average Bonchev–Trinajstić information content (AvgIpc) is 2.92. The number of ether oxygens (including phenoxy) is 2. The zero-order valence-electron chi connectivity index (χ0n) is 11.7. The third-order valence-electron chi connectivity index (χ3n) is 2.66. The van der Waals surface area contributed by atoms with Crippen LogP contribution in [0.15, 0.2) is 36.4 Å². The van der Waals surface area contributed by atoms with Gasteiger partial charge in [-0.25, -0.2) is 4.79 Å². The molecule has 5 nitrogen and oxygen atoms in total. The fourth-order valence-electron chi connectivity index (χ4n) is 1.68. The van der Waals surface area contributed by atoms with Crippen molar-refractivity contribution in [2.45, 2.75) is 6.92 Å². The molecule has 0 fully saturated rings. The van der Waals surface area contributed by atoms with Gasteiger partial charge in [0.05, 0.1) is 12.8 Å². The summed E-state index contributed by atoms with van der Waals surface area (Å²) in [5.74, 6) is -0.365. The van der Waals surface area contributed by atoms with Crippen molar-refractivity contribution in [2.75, 3.05) is 19.0 Å². The highest BCUT2D eigenvalue weighted by Gasteiger charge is 2.13. The van der Waals surface area contributed by atoms with Gasteiger partial charge in [-0.1, -0.05) is 12.1 Å². The topological polar surface area (TPSA) is 64.6 Å². The Labute approximate surface area is 126 Å². The van der Waals surface area contributed by atoms with Crippen molar-refractivity contribution >= 4 is 28.9 Å². The smallest absolute Gasteiger partial charge is 0.348 e. The number of hydrogen-bond donors (Lipinski definition) is 1. The quantitative estimate of drug-likeness (QED) is 0.863. The normalized spacial score (nSPS) is 10.0. The number of amides is 1. The van der Waals surface area contributed by atoms with Gasteiger partial charge in [0.1, 0.15) is 10.6 Å². The first-order valence-corrected chi connectivity index (χ1v) is 7.08. The van der Waals surface area contributed by atoms with E-state index in [1.807, 2.05) is 13.0 Å². The Morgan fingerprint density at radius 1 is 1.19 bits per heavy atom. The van der Waals surface area contributed by atoms with Gasteiger partial charge in [0, 0.05) is 4.88 Å². The van der Waals surface area contributed by atoms with Crippen LogP contribution in [-0.4, -0.2) is 25.6 Å². The Bertz CT molecular complexity index is 651. The lowest BCUT2D eigenvalue weighted by atomic mass is 10.3. The second-order valence-electron chi connectivity index (χ2n) is 4.23. The minimum atomic E-state index is -0.497. The molecule has 0 radical (unpaired) electrons. The van der Waals surface area contributed by atoms with E-state index in [2.05, 4.69) is 5.32 Å². The highest BCUT2D eigenvalue weighted by atomic mass is 32.1. The molecule has 0 aliphatic rings. The number of thiophene rings is 1. The van der Waals surface area contributed by atoms with Gasteiger partial charge in [-0.15, -0.1) is 11.3 Å². The molecule has 0 saturated heterocycles. The average molecular weight is 305 g/mol. The molecular weight excluding hydrogens is 290 g/mol. The van der Waals surface area contributed by atoms with Gasteiger partial charge in [0.2, 0.25) is 0 Å². The lowest BCUT2D eigenvalue weighted by molar-refractivity contribution is -0.119. The van der Waals surface area contributed by atoms with Crippen molar-refractivity contribution in [3.8, 4) is 5.75 Å². The number of aryl methyl sites for hydroxylation is 1. The fraction of sp³-hybridized carbons (Fsp3) is 0.200. The molecule has 0 bridgehead atoms. The van der Waals surface area contributed by atoms with Crippen molar-refractivity contribution in [2.24, 2.45) is 0 Å². The minimum Gasteiger partial charge on any atom is -0.495 e. The number of methoxy groups -OCH3 is 1. The number of anilines is 1. The first-order valence-electron chi connectivity index (χ1n) is 6.26. The second-order valence-corrected chi connectivity index (χ2v) is 5.52. The number of carbonyl (C=O) groups is 2. The molecule has 21 heavy (non-hydrogen) atoms. The zero-order chi connectivity index (χ0) is 15.2. The molecule has 6 heteroatoms. The van der Waals surface area contributed by atoms with E-state index in [4.69, 9.17) is 9.47 Å². The lowest BCUT2D eigenvalue weighted by Crippen LogP contribution is -2.20. The van der Waals surface area contributed by atoms with Crippen LogP contribution >= 0.6 is 11.3 Å². The zero-order valence-corrected chi connectivity index (χ0v) is 12.5. The molecule has 1 N–H and O–H groups in total. The molecule has 0 spiro atoms.